The van der Waals surface area contributed by atoms with Gasteiger partial charge < -0.3 is 15.2 Å². The van der Waals surface area contributed by atoms with Crippen molar-refractivity contribution in [1.29, 1.82) is 0 Å². The second kappa shape index (κ2) is 6.43. The summed E-state index contributed by atoms with van der Waals surface area (Å²) >= 11 is 0. The van der Waals surface area contributed by atoms with E-state index in [4.69, 9.17) is 4.74 Å². The maximum Gasteiger partial charge on any atom is 0.119 e. The minimum atomic E-state index is 0.230. The molecule has 2 N–H and O–H groups in total. The van der Waals surface area contributed by atoms with Crippen molar-refractivity contribution >= 4 is 16.5 Å². The Bertz CT molecular complexity index is 535. The number of fused-ring (bicyclic) bond motifs is 1. The van der Waals surface area contributed by atoms with Gasteiger partial charge >= 0.3 is 0 Å². The monoisotopic (exact) mass is 259 g/mol. The van der Waals surface area contributed by atoms with E-state index in [-0.39, 0.29) is 6.61 Å². The van der Waals surface area contributed by atoms with Crippen LogP contribution in [-0.4, -0.2) is 25.4 Å². The summed E-state index contributed by atoms with van der Waals surface area (Å²) < 4.78 is 5.22. The van der Waals surface area contributed by atoms with Crippen molar-refractivity contribution in [3.63, 3.8) is 0 Å². The largest absolute Gasteiger partial charge is 0.497 e. The summed E-state index contributed by atoms with van der Waals surface area (Å²) in [5.74, 6) is 1.19. The quantitative estimate of drug-likeness (QED) is 0.836. The topological polar surface area (TPSA) is 41.5 Å². The Kier molecular flexibility index (Phi) is 4.63. The van der Waals surface area contributed by atoms with Crippen LogP contribution in [0.1, 0.15) is 13.3 Å². The molecule has 3 nitrogen and oxygen atoms in total. The average Bonchev–Trinajstić information content (AvgIpc) is 2.47. The highest BCUT2D eigenvalue weighted by Crippen LogP contribution is 2.23. The van der Waals surface area contributed by atoms with Gasteiger partial charge in [0.05, 0.1) is 7.11 Å². The molecule has 1 unspecified atom stereocenters. The van der Waals surface area contributed by atoms with Gasteiger partial charge in [-0.05, 0) is 47.4 Å². The van der Waals surface area contributed by atoms with Crippen molar-refractivity contribution in [3.05, 3.63) is 36.4 Å². The van der Waals surface area contributed by atoms with E-state index in [1.54, 1.807) is 7.11 Å². The Hall–Kier alpha value is -1.74. The van der Waals surface area contributed by atoms with E-state index in [1.165, 1.54) is 10.8 Å². The Labute approximate surface area is 114 Å². The summed E-state index contributed by atoms with van der Waals surface area (Å²) in [6, 6.07) is 12.3. The van der Waals surface area contributed by atoms with Gasteiger partial charge in [-0.3, -0.25) is 0 Å². The summed E-state index contributed by atoms with van der Waals surface area (Å²) in [6.45, 7) is 3.12. The van der Waals surface area contributed by atoms with Gasteiger partial charge in [0, 0.05) is 18.8 Å². The van der Waals surface area contributed by atoms with Crippen molar-refractivity contribution in [1.82, 2.24) is 0 Å². The van der Waals surface area contributed by atoms with Crippen LogP contribution in [0.25, 0.3) is 10.8 Å². The van der Waals surface area contributed by atoms with Gasteiger partial charge in [0.1, 0.15) is 5.75 Å². The predicted octanol–water partition coefficient (Wildman–Crippen LogP) is 3.28. The Balaban J connectivity index is 2.13. The third kappa shape index (κ3) is 3.38. The summed E-state index contributed by atoms with van der Waals surface area (Å²) in [5.41, 5.74) is 1.09. The maximum atomic E-state index is 9.18. The number of benzene rings is 2. The Morgan fingerprint density at radius 1 is 1.16 bits per heavy atom. The molecule has 102 valence electrons. The molecule has 2 rings (SSSR count). The lowest BCUT2D eigenvalue weighted by atomic mass is 10.1. The molecule has 0 saturated carbocycles. The van der Waals surface area contributed by atoms with Gasteiger partial charge in [-0.1, -0.05) is 19.1 Å². The van der Waals surface area contributed by atoms with Gasteiger partial charge in [0.25, 0.3) is 0 Å². The zero-order valence-electron chi connectivity index (χ0n) is 11.5. The highest BCUT2D eigenvalue weighted by atomic mass is 16.5. The minimum Gasteiger partial charge on any atom is -0.497 e. The van der Waals surface area contributed by atoms with Crippen LogP contribution >= 0.6 is 0 Å². The molecule has 0 amide bonds. The van der Waals surface area contributed by atoms with E-state index in [1.807, 2.05) is 12.1 Å². The fourth-order valence-corrected chi connectivity index (χ4v) is 2.06. The molecule has 0 saturated heterocycles. The van der Waals surface area contributed by atoms with Crippen LogP contribution in [-0.2, 0) is 0 Å². The predicted molar refractivity (Wildman–Crippen MR) is 79.9 cm³/mol. The lowest BCUT2D eigenvalue weighted by Gasteiger charge is -2.14. The van der Waals surface area contributed by atoms with Crippen molar-refractivity contribution < 1.29 is 9.84 Å². The summed E-state index contributed by atoms with van der Waals surface area (Å²) in [4.78, 5) is 0. The third-order valence-electron chi connectivity index (χ3n) is 3.48. The molecule has 19 heavy (non-hydrogen) atoms. The lowest BCUT2D eigenvalue weighted by Crippen LogP contribution is -2.16. The van der Waals surface area contributed by atoms with E-state index in [0.29, 0.717) is 5.92 Å². The molecule has 0 radical (unpaired) electrons. The van der Waals surface area contributed by atoms with Crippen LogP contribution in [0.2, 0.25) is 0 Å². The molecule has 0 aliphatic carbocycles. The van der Waals surface area contributed by atoms with Gasteiger partial charge in [-0.15, -0.1) is 0 Å². The molecule has 2 aromatic rings. The number of hydrogen-bond acceptors (Lipinski definition) is 3. The highest BCUT2D eigenvalue weighted by Gasteiger charge is 2.04. The molecule has 3 heteroatoms. The fourth-order valence-electron chi connectivity index (χ4n) is 2.06. The molecule has 0 fully saturated rings. The molecule has 0 spiro atoms. The first-order valence-electron chi connectivity index (χ1n) is 6.69. The third-order valence-corrected chi connectivity index (χ3v) is 3.48. The van der Waals surface area contributed by atoms with Crippen LogP contribution in [0.5, 0.6) is 5.75 Å². The van der Waals surface area contributed by atoms with Gasteiger partial charge in [0.2, 0.25) is 0 Å². The van der Waals surface area contributed by atoms with Crippen molar-refractivity contribution in [2.45, 2.75) is 13.3 Å². The number of nitrogens with one attached hydrogen (secondary N) is 1. The number of hydrogen-bond donors (Lipinski definition) is 2. The number of aliphatic hydroxyl groups is 1. The molecular formula is C16H21NO2. The van der Waals surface area contributed by atoms with Gasteiger partial charge in [-0.2, -0.15) is 0 Å². The summed E-state index contributed by atoms with van der Waals surface area (Å²) in [7, 11) is 1.68. The van der Waals surface area contributed by atoms with E-state index in [2.05, 4.69) is 36.5 Å². The highest BCUT2D eigenvalue weighted by molar-refractivity contribution is 5.86. The number of methoxy groups -OCH3 is 1. The zero-order valence-corrected chi connectivity index (χ0v) is 11.5. The molecule has 1 atom stereocenters. The van der Waals surface area contributed by atoms with Crippen molar-refractivity contribution in [3.8, 4) is 5.75 Å². The molecular weight excluding hydrogens is 238 g/mol. The number of anilines is 1. The Morgan fingerprint density at radius 2 is 1.89 bits per heavy atom. The normalized spacial score (nSPS) is 12.4. The van der Waals surface area contributed by atoms with Gasteiger partial charge in [0.15, 0.2) is 0 Å². The summed E-state index contributed by atoms with van der Waals surface area (Å²) in [6.07, 6.45) is 0.980. The first kappa shape index (κ1) is 13.7. The Morgan fingerprint density at radius 3 is 2.58 bits per heavy atom. The van der Waals surface area contributed by atoms with Crippen LogP contribution in [0.3, 0.4) is 0 Å². The standard InChI is InChI=1S/C16H21NO2/c1-3-12(11-18)10-17-15-6-4-14-9-16(19-2)7-5-13(14)8-15/h4-9,12,17-18H,3,10-11H2,1-2H3. The van der Waals surface area contributed by atoms with E-state index >= 15 is 0 Å². The first-order valence-corrected chi connectivity index (χ1v) is 6.69. The van der Waals surface area contributed by atoms with Crippen LogP contribution < -0.4 is 10.1 Å². The first-order chi connectivity index (χ1) is 9.26. The van der Waals surface area contributed by atoms with Crippen molar-refractivity contribution in [2.75, 3.05) is 25.6 Å². The zero-order chi connectivity index (χ0) is 13.7. The number of rotatable bonds is 6. The van der Waals surface area contributed by atoms with Crippen LogP contribution in [0, 0.1) is 5.92 Å². The van der Waals surface area contributed by atoms with Crippen molar-refractivity contribution in [2.24, 2.45) is 5.92 Å². The molecule has 0 aliphatic heterocycles. The van der Waals surface area contributed by atoms with E-state index in [0.717, 1.165) is 24.4 Å². The maximum absolute atomic E-state index is 9.18. The average molecular weight is 259 g/mol. The van der Waals surface area contributed by atoms with E-state index < -0.39 is 0 Å². The smallest absolute Gasteiger partial charge is 0.119 e. The van der Waals surface area contributed by atoms with Gasteiger partial charge in [-0.25, -0.2) is 0 Å². The molecule has 2 aromatic carbocycles. The second-order valence-electron chi connectivity index (χ2n) is 4.77. The fraction of sp³-hybridized carbons (Fsp3) is 0.375. The number of aliphatic hydroxyl groups excluding tert-OH is 1. The van der Waals surface area contributed by atoms with E-state index in [9.17, 15) is 5.11 Å². The van der Waals surface area contributed by atoms with Crippen LogP contribution in [0.4, 0.5) is 5.69 Å². The van der Waals surface area contributed by atoms with Crippen LogP contribution in [0.15, 0.2) is 36.4 Å². The SMILES string of the molecule is CCC(CO)CNc1ccc2cc(OC)ccc2c1. The molecule has 0 aromatic heterocycles. The second-order valence-corrected chi connectivity index (χ2v) is 4.77. The lowest BCUT2D eigenvalue weighted by molar-refractivity contribution is 0.230. The summed E-state index contributed by atoms with van der Waals surface area (Å²) in [5, 5.41) is 14.9. The number of ether oxygens (including phenoxy) is 1. The minimum absolute atomic E-state index is 0.230. The molecule has 0 heterocycles. The molecule has 0 bridgehead atoms. The molecule has 0 aliphatic rings.